The fourth-order valence-corrected chi connectivity index (χ4v) is 8.78. The molecule has 2 saturated carbocycles. The number of piperidine rings is 2. The first-order valence-electron chi connectivity index (χ1n) is 14.6. The van der Waals surface area contributed by atoms with E-state index in [2.05, 4.69) is 11.8 Å². The van der Waals surface area contributed by atoms with Crippen molar-refractivity contribution in [3.05, 3.63) is 30.3 Å². The highest BCUT2D eigenvalue weighted by molar-refractivity contribution is 5.95. The van der Waals surface area contributed by atoms with Crippen molar-refractivity contribution in [2.45, 2.75) is 114 Å². The highest BCUT2D eigenvalue weighted by Gasteiger charge is 2.48. The van der Waals surface area contributed by atoms with Crippen LogP contribution in [-0.2, 0) is 4.79 Å². The number of fused-ring (bicyclic) bond motifs is 4. The van der Waals surface area contributed by atoms with Gasteiger partial charge in [0, 0.05) is 36.4 Å². The molecule has 2 unspecified atom stereocenters. The third-order valence-electron chi connectivity index (χ3n) is 10.5. The van der Waals surface area contributed by atoms with E-state index in [1.54, 1.807) is 4.90 Å². The molecule has 36 heavy (non-hydrogen) atoms. The molecule has 0 spiro atoms. The summed E-state index contributed by atoms with van der Waals surface area (Å²) in [5.41, 5.74) is 0.913. The van der Waals surface area contributed by atoms with Gasteiger partial charge in [0.1, 0.15) is 6.04 Å². The number of carboxylic acid groups (broad SMARTS) is 1. The van der Waals surface area contributed by atoms with Crippen molar-refractivity contribution in [1.82, 2.24) is 9.80 Å². The predicted octanol–water partition coefficient (Wildman–Crippen LogP) is 5.76. The molecule has 2 aliphatic carbocycles. The quantitative estimate of drug-likeness (QED) is 0.579. The number of urea groups is 1. The molecule has 8 atom stereocenters. The number of anilines is 1. The molecular formula is C30H43N3O3. The first-order valence-corrected chi connectivity index (χ1v) is 14.6. The van der Waals surface area contributed by atoms with Gasteiger partial charge in [0.15, 0.2) is 0 Å². The summed E-state index contributed by atoms with van der Waals surface area (Å²) < 4.78 is 0. The van der Waals surface area contributed by atoms with Crippen LogP contribution in [0.3, 0.4) is 0 Å². The van der Waals surface area contributed by atoms with Crippen molar-refractivity contribution in [2.75, 3.05) is 11.4 Å². The van der Waals surface area contributed by atoms with Crippen LogP contribution in [0.1, 0.15) is 84.0 Å². The summed E-state index contributed by atoms with van der Waals surface area (Å²) >= 11 is 0. The van der Waals surface area contributed by atoms with Crippen molar-refractivity contribution in [2.24, 2.45) is 17.8 Å². The number of aliphatic carboxylic acids is 1. The molecule has 6 nitrogen and oxygen atoms in total. The number of rotatable bonds is 4. The molecule has 196 valence electrons. The molecule has 0 radical (unpaired) electrons. The van der Waals surface area contributed by atoms with Crippen molar-refractivity contribution < 1.29 is 14.7 Å². The molecule has 5 aliphatic rings. The van der Waals surface area contributed by atoms with Gasteiger partial charge in [-0.2, -0.15) is 0 Å². The molecule has 5 fully saturated rings. The maximum atomic E-state index is 14.0. The number of amides is 2. The Morgan fingerprint density at radius 1 is 0.861 bits per heavy atom. The lowest BCUT2D eigenvalue weighted by Gasteiger charge is -2.57. The van der Waals surface area contributed by atoms with Crippen LogP contribution in [0.5, 0.6) is 0 Å². The molecule has 4 bridgehead atoms. The van der Waals surface area contributed by atoms with E-state index in [4.69, 9.17) is 0 Å². The highest BCUT2D eigenvalue weighted by atomic mass is 16.4. The Hall–Kier alpha value is -2.08. The minimum atomic E-state index is -0.877. The average molecular weight is 494 g/mol. The highest BCUT2D eigenvalue weighted by Crippen LogP contribution is 2.48. The summed E-state index contributed by atoms with van der Waals surface area (Å²) in [5, 5.41) is 9.77. The van der Waals surface area contributed by atoms with Crippen LogP contribution >= 0.6 is 0 Å². The average Bonchev–Trinajstić information content (AvgIpc) is 3.37. The van der Waals surface area contributed by atoms with Crippen LogP contribution in [0, 0.1) is 17.8 Å². The van der Waals surface area contributed by atoms with E-state index >= 15 is 0 Å². The van der Waals surface area contributed by atoms with Crippen molar-refractivity contribution in [3.63, 3.8) is 0 Å². The van der Waals surface area contributed by atoms with E-state index in [9.17, 15) is 14.7 Å². The normalized spacial score (nSPS) is 38.5. The number of likely N-dealkylation sites (tertiary alicyclic amines) is 1. The Bertz CT molecular complexity index is 940. The fourth-order valence-electron chi connectivity index (χ4n) is 8.78. The number of carboxylic acids is 1. The summed E-state index contributed by atoms with van der Waals surface area (Å²) in [4.78, 5) is 32.5. The monoisotopic (exact) mass is 493 g/mol. The molecule has 3 aliphatic heterocycles. The van der Waals surface area contributed by atoms with E-state index in [-0.39, 0.29) is 12.1 Å². The zero-order valence-electron chi connectivity index (χ0n) is 21.8. The van der Waals surface area contributed by atoms with Gasteiger partial charge in [0.2, 0.25) is 0 Å². The third kappa shape index (κ3) is 4.44. The van der Waals surface area contributed by atoms with Gasteiger partial charge in [0.25, 0.3) is 0 Å². The van der Waals surface area contributed by atoms with Crippen LogP contribution in [0.4, 0.5) is 10.5 Å². The number of hydrogen-bond donors (Lipinski definition) is 1. The van der Waals surface area contributed by atoms with E-state index < -0.39 is 12.0 Å². The minimum Gasteiger partial charge on any atom is -0.480 e. The van der Waals surface area contributed by atoms with E-state index in [0.717, 1.165) is 42.7 Å². The molecule has 0 aromatic heterocycles. The SMILES string of the molecule is C[C@@H]1CC[C@@H]2C[C@H]1C[C@@H](N1[C@@H]3CCC[C@H]1CC(N(C(=O)N1CCCC1C(=O)O)c1ccccc1)C3)C2. The smallest absolute Gasteiger partial charge is 0.326 e. The summed E-state index contributed by atoms with van der Waals surface area (Å²) in [6.45, 7) is 3.01. The van der Waals surface area contributed by atoms with Crippen LogP contribution in [0.2, 0.25) is 0 Å². The van der Waals surface area contributed by atoms with Crippen molar-refractivity contribution >= 4 is 17.7 Å². The first kappa shape index (κ1) is 24.3. The summed E-state index contributed by atoms with van der Waals surface area (Å²) in [7, 11) is 0. The molecule has 2 amide bonds. The Labute approximate surface area is 216 Å². The summed E-state index contributed by atoms with van der Waals surface area (Å²) in [6, 6.07) is 11.1. The number of benzene rings is 1. The number of carbonyl (C=O) groups is 2. The van der Waals surface area contributed by atoms with Gasteiger partial charge in [-0.25, -0.2) is 9.59 Å². The van der Waals surface area contributed by atoms with Gasteiger partial charge < -0.3 is 10.0 Å². The molecule has 6 rings (SSSR count). The van der Waals surface area contributed by atoms with Gasteiger partial charge in [0.05, 0.1) is 0 Å². The second-order valence-electron chi connectivity index (χ2n) is 12.5. The zero-order valence-corrected chi connectivity index (χ0v) is 21.8. The number of nitrogens with zero attached hydrogens (tertiary/aromatic N) is 3. The second kappa shape index (κ2) is 10.00. The van der Waals surface area contributed by atoms with E-state index in [0.29, 0.717) is 31.1 Å². The lowest BCUT2D eigenvalue weighted by atomic mass is 9.64. The Morgan fingerprint density at radius 2 is 1.61 bits per heavy atom. The standard InChI is InChI=1S/C30H43N3O3/c1-20-12-13-21-15-22(20)17-26(16-21)32-24-9-5-10-25(32)19-27(18-24)33(23-7-3-2-4-8-23)30(36)31-14-6-11-28(31)29(34)35/h2-4,7-8,20-22,24-28H,5-6,9-19H2,1H3,(H,34,35)/t20-,21-,22+,24-,25+,26+,27?,28?/m1/s1. The number of para-hydroxylation sites is 1. The fraction of sp³-hybridized carbons (Fsp3) is 0.733. The Morgan fingerprint density at radius 3 is 2.33 bits per heavy atom. The van der Waals surface area contributed by atoms with Gasteiger partial charge in [-0.3, -0.25) is 9.80 Å². The Kier molecular flexibility index (Phi) is 6.74. The second-order valence-corrected chi connectivity index (χ2v) is 12.5. The largest absolute Gasteiger partial charge is 0.480 e. The molecule has 1 aromatic carbocycles. The zero-order chi connectivity index (χ0) is 24.8. The van der Waals surface area contributed by atoms with Crippen LogP contribution in [0.15, 0.2) is 30.3 Å². The summed E-state index contributed by atoms with van der Waals surface area (Å²) in [5.74, 6) is 1.80. The van der Waals surface area contributed by atoms with Gasteiger partial charge in [-0.05, 0) is 87.7 Å². The molecule has 1 aromatic rings. The minimum absolute atomic E-state index is 0.108. The summed E-state index contributed by atoms with van der Waals surface area (Å²) in [6.07, 6.45) is 14.1. The van der Waals surface area contributed by atoms with Gasteiger partial charge in [-0.15, -0.1) is 0 Å². The van der Waals surface area contributed by atoms with Crippen molar-refractivity contribution in [1.29, 1.82) is 0 Å². The molecule has 1 N–H and O–H groups in total. The van der Waals surface area contributed by atoms with Gasteiger partial charge in [-0.1, -0.05) is 44.4 Å². The topological polar surface area (TPSA) is 64.1 Å². The van der Waals surface area contributed by atoms with Crippen LogP contribution in [0.25, 0.3) is 0 Å². The maximum Gasteiger partial charge on any atom is 0.326 e. The van der Waals surface area contributed by atoms with Crippen LogP contribution in [-0.4, -0.2) is 63.7 Å². The Balaban J connectivity index is 1.25. The lowest BCUT2D eigenvalue weighted by molar-refractivity contribution is -0.141. The molecular weight excluding hydrogens is 450 g/mol. The predicted molar refractivity (Wildman–Crippen MR) is 141 cm³/mol. The molecule has 3 heterocycles. The van der Waals surface area contributed by atoms with E-state index in [1.807, 2.05) is 35.2 Å². The number of hydrogen-bond acceptors (Lipinski definition) is 3. The van der Waals surface area contributed by atoms with Crippen LogP contribution < -0.4 is 4.90 Å². The van der Waals surface area contributed by atoms with E-state index in [1.165, 1.54) is 51.4 Å². The third-order valence-corrected chi connectivity index (χ3v) is 10.5. The maximum absolute atomic E-state index is 14.0. The lowest BCUT2D eigenvalue weighted by Crippen LogP contribution is -2.63. The van der Waals surface area contributed by atoms with Crippen molar-refractivity contribution in [3.8, 4) is 0 Å². The van der Waals surface area contributed by atoms with Gasteiger partial charge >= 0.3 is 12.0 Å². The molecule has 6 heteroatoms. The number of carbonyl (C=O) groups excluding carboxylic acids is 1. The first-order chi connectivity index (χ1) is 17.5. The molecule has 3 saturated heterocycles.